The summed E-state index contributed by atoms with van der Waals surface area (Å²) in [5, 5.41) is 2.49. The van der Waals surface area contributed by atoms with Crippen LogP contribution in [-0.2, 0) is 4.74 Å². The molecule has 1 aromatic heterocycles. The van der Waals surface area contributed by atoms with Gasteiger partial charge in [0.1, 0.15) is 5.82 Å². The number of hydrogen-bond donors (Lipinski definition) is 1. The first-order chi connectivity index (χ1) is 6.63. The lowest BCUT2D eigenvalue weighted by atomic mass is 10.1. The Balaban J connectivity index is 2.69. The van der Waals surface area contributed by atoms with Gasteiger partial charge in [-0.2, -0.15) is 0 Å². The molecule has 0 spiro atoms. The van der Waals surface area contributed by atoms with Crippen molar-refractivity contribution < 1.29 is 9.53 Å². The van der Waals surface area contributed by atoms with Crippen LogP contribution in [0.25, 0.3) is 0 Å². The van der Waals surface area contributed by atoms with E-state index in [-0.39, 0.29) is 0 Å². The fourth-order valence-electron chi connectivity index (χ4n) is 0.976. The molecule has 0 unspecified atom stereocenters. The predicted molar refractivity (Wildman–Crippen MR) is 54.4 cm³/mol. The van der Waals surface area contributed by atoms with Crippen molar-refractivity contribution in [2.24, 2.45) is 0 Å². The molecule has 0 aliphatic carbocycles. The first-order valence-electron chi connectivity index (χ1n) is 4.44. The number of ether oxygens (including phenoxy) is 1. The summed E-state index contributed by atoms with van der Waals surface area (Å²) in [5.74, 6) is 0.941. The van der Waals surface area contributed by atoms with E-state index in [1.54, 1.807) is 12.3 Å². The quantitative estimate of drug-likeness (QED) is 0.786. The Morgan fingerprint density at radius 3 is 2.64 bits per heavy atom. The van der Waals surface area contributed by atoms with Gasteiger partial charge < -0.3 is 4.74 Å². The van der Waals surface area contributed by atoms with Crippen LogP contribution < -0.4 is 5.32 Å². The van der Waals surface area contributed by atoms with Crippen LogP contribution in [0, 0.1) is 0 Å². The van der Waals surface area contributed by atoms with E-state index >= 15 is 0 Å². The largest absolute Gasteiger partial charge is 0.453 e. The lowest BCUT2D eigenvalue weighted by Gasteiger charge is -2.06. The number of anilines is 1. The highest BCUT2D eigenvalue weighted by atomic mass is 16.5. The van der Waals surface area contributed by atoms with Gasteiger partial charge in [0.05, 0.1) is 7.11 Å². The van der Waals surface area contributed by atoms with Gasteiger partial charge in [0.2, 0.25) is 0 Å². The van der Waals surface area contributed by atoms with Gasteiger partial charge in [-0.05, 0) is 17.5 Å². The molecule has 0 saturated heterocycles. The molecule has 1 N–H and O–H groups in total. The van der Waals surface area contributed by atoms with E-state index in [9.17, 15) is 4.79 Å². The summed E-state index contributed by atoms with van der Waals surface area (Å²) < 4.78 is 4.44. The van der Waals surface area contributed by atoms with Gasteiger partial charge in [-0.1, -0.05) is 19.9 Å². The Morgan fingerprint density at radius 2 is 2.21 bits per heavy atom. The zero-order valence-corrected chi connectivity index (χ0v) is 8.57. The number of nitrogens with zero attached hydrogens (tertiary/aromatic N) is 1. The molecule has 0 atom stereocenters. The van der Waals surface area contributed by atoms with Crippen molar-refractivity contribution in [3.05, 3.63) is 23.9 Å². The summed E-state index contributed by atoms with van der Waals surface area (Å²) in [4.78, 5) is 14.9. The van der Waals surface area contributed by atoms with Crippen molar-refractivity contribution in [3.8, 4) is 0 Å². The van der Waals surface area contributed by atoms with Crippen molar-refractivity contribution in [1.29, 1.82) is 0 Å². The molecule has 4 heteroatoms. The molecule has 0 aliphatic rings. The Bertz CT molecular complexity index is 306. The Morgan fingerprint density at radius 1 is 1.50 bits per heavy atom. The normalized spacial score (nSPS) is 10.0. The Labute approximate surface area is 83.3 Å². The molecule has 4 nitrogen and oxygen atoms in total. The smallest absolute Gasteiger partial charge is 0.412 e. The van der Waals surface area contributed by atoms with Crippen molar-refractivity contribution >= 4 is 11.9 Å². The first-order valence-corrected chi connectivity index (χ1v) is 4.44. The fraction of sp³-hybridized carbons (Fsp3) is 0.400. The second-order valence-electron chi connectivity index (χ2n) is 3.25. The summed E-state index contributed by atoms with van der Waals surface area (Å²) >= 11 is 0. The number of rotatable bonds is 2. The van der Waals surface area contributed by atoms with Crippen LogP contribution in [0.2, 0.25) is 0 Å². The maximum atomic E-state index is 10.8. The molecule has 0 bridgehead atoms. The monoisotopic (exact) mass is 194 g/mol. The summed E-state index contributed by atoms with van der Waals surface area (Å²) in [7, 11) is 1.32. The van der Waals surface area contributed by atoms with E-state index in [0.717, 1.165) is 5.56 Å². The van der Waals surface area contributed by atoms with Gasteiger partial charge >= 0.3 is 6.09 Å². The van der Waals surface area contributed by atoms with Crippen LogP contribution in [0.15, 0.2) is 18.3 Å². The number of methoxy groups -OCH3 is 1. The second-order valence-corrected chi connectivity index (χ2v) is 3.25. The van der Waals surface area contributed by atoms with Crippen LogP contribution in [0.5, 0.6) is 0 Å². The van der Waals surface area contributed by atoms with Crippen LogP contribution in [0.1, 0.15) is 25.3 Å². The molecule has 1 aromatic rings. The molecular formula is C10H14N2O2. The fourth-order valence-corrected chi connectivity index (χ4v) is 0.976. The average Bonchev–Trinajstić information content (AvgIpc) is 2.18. The van der Waals surface area contributed by atoms with Gasteiger partial charge in [0.15, 0.2) is 0 Å². The van der Waals surface area contributed by atoms with Gasteiger partial charge in [-0.15, -0.1) is 0 Å². The summed E-state index contributed by atoms with van der Waals surface area (Å²) in [6.07, 6.45) is 1.24. The Kier molecular flexibility index (Phi) is 3.45. The zero-order chi connectivity index (χ0) is 10.6. The lowest BCUT2D eigenvalue weighted by Crippen LogP contribution is -2.12. The van der Waals surface area contributed by atoms with Gasteiger partial charge in [-0.25, -0.2) is 9.78 Å². The molecule has 1 amide bonds. The maximum absolute atomic E-state index is 10.8. The maximum Gasteiger partial charge on any atom is 0.412 e. The zero-order valence-electron chi connectivity index (χ0n) is 8.57. The minimum Gasteiger partial charge on any atom is -0.453 e. The molecule has 0 fully saturated rings. The number of hydrogen-bond acceptors (Lipinski definition) is 3. The molecule has 0 saturated carbocycles. The highest BCUT2D eigenvalue weighted by Crippen LogP contribution is 2.14. The highest BCUT2D eigenvalue weighted by Gasteiger charge is 2.02. The van der Waals surface area contributed by atoms with E-state index in [0.29, 0.717) is 11.7 Å². The van der Waals surface area contributed by atoms with E-state index in [4.69, 9.17) is 0 Å². The third-order valence-corrected chi connectivity index (χ3v) is 1.87. The van der Waals surface area contributed by atoms with E-state index < -0.39 is 6.09 Å². The molecular weight excluding hydrogens is 180 g/mol. The number of nitrogens with one attached hydrogen (secondary N) is 1. The predicted octanol–water partition coefficient (Wildman–Crippen LogP) is 2.38. The summed E-state index contributed by atoms with van der Waals surface area (Å²) in [5.41, 5.74) is 1.14. The van der Waals surface area contributed by atoms with Gasteiger partial charge in [-0.3, -0.25) is 5.32 Å². The molecule has 0 aliphatic heterocycles. The third-order valence-electron chi connectivity index (χ3n) is 1.87. The van der Waals surface area contributed by atoms with Gasteiger partial charge in [0, 0.05) is 6.20 Å². The second kappa shape index (κ2) is 4.60. The highest BCUT2D eigenvalue weighted by molar-refractivity contribution is 5.83. The van der Waals surface area contributed by atoms with Gasteiger partial charge in [0.25, 0.3) is 0 Å². The van der Waals surface area contributed by atoms with Crippen molar-refractivity contribution in [1.82, 2.24) is 4.98 Å². The number of pyridine rings is 1. The van der Waals surface area contributed by atoms with Crippen LogP contribution in [0.4, 0.5) is 10.6 Å². The SMILES string of the molecule is COC(=O)Nc1ccc(C(C)C)cn1. The number of amides is 1. The minimum atomic E-state index is -0.505. The Hall–Kier alpha value is -1.58. The summed E-state index contributed by atoms with van der Waals surface area (Å²) in [6.45, 7) is 4.18. The van der Waals surface area contributed by atoms with Crippen LogP contribution in [-0.4, -0.2) is 18.2 Å². The van der Waals surface area contributed by atoms with Crippen LogP contribution in [0.3, 0.4) is 0 Å². The third kappa shape index (κ3) is 2.73. The first kappa shape index (κ1) is 10.5. The summed E-state index contributed by atoms with van der Waals surface area (Å²) in [6, 6.07) is 3.69. The number of carbonyl (C=O) groups is 1. The van der Waals surface area contributed by atoms with E-state index in [2.05, 4.69) is 28.9 Å². The molecule has 14 heavy (non-hydrogen) atoms. The lowest BCUT2D eigenvalue weighted by molar-refractivity contribution is 0.187. The van der Waals surface area contributed by atoms with Crippen molar-refractivity contribution in [2.75, 3.05) is 12.4 Å². The number of aromatic nitrogens is 1. The van der Waals surface area contributed by atoms with E-state index in [1.165, 1.54) is 7.11 Å². The molecule has 1 heterocycles. The molecule has 0 radical (unpaired) electrons. The van der Waals surface area contributed by atoms with E-state index in [1.807, 2.05) is 6.07 Å². The standard InChI is InChI=1S/C10H14N2O2/c1-7(2)8-4-5-9(11-6-8)12-10(13)14-3/h4-7H,1-3H3,(H,11,12,13). The van der Waals surface area contributed by atoms with Crippen molar-refractivity contribution in [2.45, 2.75) is 19.8 Å². The topological polar surface area (TPSA) is 51.2 Å². The molecule has 0 aromatic carbocycles. The number of carbonyl (C=O) groups excluding carboxylic acids is 1. The van der Waals surface area contributed by atoms with Crippen molar-refractivity contribution in [3.63, 3.8) is 0 Å². The average molecular weight is 194 g/mol. The molecule has 1 rings (SSSR count). The minimum absolute atomic E-state index is 0.440. The molecule has 76 valence electrons. The van der Waals surface area contributed by atoms with Crippen LogP contribution >= 0.6 is 0 Å².